The Morgan fingerprint density at radius 2 is 1.96 bits per heavy atom. The van der Waals surface area contributed by atoms with Crippen LogP contribution in [0.3, 0.4) is 0 Å². The summed E-state index contributed by atoms with van der Waals surface area (Å²) in [4.78, 5) is 23.8. The molecule has 0 unspecified atom stereocenters. The number of amides is 1. The number of benzene rings is 1. The third-order valence-corrected chi connectivity index (χ3v) is 4.58. The van der Waals surface area contributed by atoms with Crippen molar-refractivity contribution in [1.29, 1.82) is 0 Å². The molecule has 27 heavy (non-hydrogen) atoms. The van der Waals surface area contributed by atoms with E-state index in [4.69, 9.17) is 14.2 Å². The predicted molar refractivity (Wildman–Crippen MR) is 99.0 cm³/mol. The lowest BCUT2D eigenvalue weighted by molar-refractivity contribution is -0.166. The number of likely N-dealkylation sites (N-methyl/N-ethyl adjacent to an activating group) is 1. The standard InChI is InChI=1S/C20H27NO6/c1-4-26-20-15(6-5-11-22)16(12-17(27-20)18(23)21-2)13-7-9-14(10-8-13)19(24)25-3/h7-10,12,15-16,20,22H,4-6,11H2,1-3H3,(H,21,23)/t15-,16+,20+/m0/s1. The predicted octanol–water partition coefficient (Wildman–Crippen LogP) is 1.97. The van der Waals surface area contributed by atoms with Crippen LogP contribution in [0.2, 0.25) is 0 Å². The third kappa shape index (κ3) is 5.08. The van der Waals surface area contributed by atoms with Gasteiger partial charge in [0.1, 0.15) is 0 Å². The van der Waals surface area contributed by atoms with Crippen molar-refractivity contribution in [2.24, 2.45) is 5.92 Å². The van der Waals surface area contributed by atoms with Gasteiger partial charge in [-0.3, -0.25) is 4.79 Å². The van der Waals surface area contributed by atoms with E-state index >= 15 is 0 Å². The molecule has 1 amide bonds. The van der Waals surface area contributed by atoms with Crippen LogP contribution in [-0.4, -0.2) is 50.6 Å². The fourth-order valence-electron chi connectivity index (χ4n) is 3.23. The van der Waals surface area contributed by atoms with Gasteiger partial charge in [0.05, 0.1) is 12.7 Å². The zero-order valence-electron chi connectivity index (χ0n) is 15.9. The molecule has 0 fully saturated rings. The van der Waals surface area contributed by atoms with Crippen LogP contribution in [0.1, 0.15) is 41.6 Å². The number of methoxy groups -OCH3 is 1. The van der Waals surface area contributed by atoms with E-state index in [0.29, 0.717) is 25.0 Å². The number of esters is 1. The highest BCUT2D eigenvalue weighted by molar-refractivity contribution is 5.91. The van der Waals surface area contributed by atoms with E-state index in [1.54, 1.807) is 25.3 Å². The van der Waals surface area contributed by atoms with Gasteiger partial charge in [-0.15, -0.1) is 0 Å². The monoisotopic (exact) mass is 377 g/mol. The smallest absolute Gasteiger partial charge is 0.337 e. The number of carbonyl (C=O) groups is 2. The van der Waals surface area contributed by atoms with Crippen LogP contribution < -0.4 is 5.32 Å². The number of aliphatic hydroxyl groups is 1. The number of nitrogens with one attached hydrogen (secondary N) is 1. The number of allylic oxidation sites excluding steroid dienone is 1. The molecule has 2 N–H and O–H groups in total. The molecule has 0 bridgehead atoms. The normalized spacial score (nSPS) is 21.8. The summed E-state index contributed by atoms with van der Waals surface area (Å²) < 4.78 is 16.3. The highest BCUT2D eigenvalue weighted by Crippen LogP contribution is 2.39. The van der Waals surface area contributed by atoms with E-state index < -0.39 is 12.3 Å². The number of carbonyl (C=O) groups excluding carboxylic acids is 2. The second-order valence-electron chi connectivity index (χ2n) is 6.22. The van der Waals surface area contributed by atoms with Crippen molar-refractivity contribution in [3.05, 3.63) is 47.2 Å². The number of aliphatic hydroxyl groups excluding tert-OH is 1. The van der Waals surface area contributed by atoms with Gasteiger partial charge in [0.25, 0.3) is 5.91 Å². The van der Waals surface area contributed by atoms with E-state index in [2.05, 4.69) is 5.32 Å². The largest absolute Gasteiger partial charge is 0.465 e. The lowest BCUT2D eigenvalue weighted by Gasteiger charge is -2.37. The molecule has 7 heteroatoms. The molecule has 3 atom stereocenters. The molecule has 1 aromatic rings. The highest BCUT2D eigenvalue weighted by Gasteiger charge is 2.37. The van der Waals surface area contributed by atoms with Gasteiger partial charge in [-0.1, -0.05) is 12.1 Å². The minimum Gasteiger partial charge on any atom is -0.465 e. The van der Waals surface area contributed by atoms with Gasteiger partial charge >= 0.3 is 5.97 Å². The molecular weight excluding hydrogens is 350 g/mol. The Bertz CT molecular complexity index is 670. The van der Waals surface area contributed by atoms with Gasteiger partial charge in [-0.25, -0.2) is 4.79 Å². The Labute approximate surface area is 159 Å². The molecule has 1 heterocycles. The summed E-state index contributed by atoms with van der Waals surface area (Å²) in [5, 5.41) is 11.8. The first-order chi connectivity index (χ1) is 13.0. The lowest BCUT2D eigenvalue weighted by Crippen LogP contribution is -2.38. The average molecular weight is 377 g/mol. The minimum atomic E-state index is -0.593. The summed E-state index contributed by atoms with van der Waals surface area (Å²) in [5.41, 5.74) is 1.39. The fourth-order valence-corrected chi connectivity index (χ4v) is 3.23. The molecule has 1 aromatic carbocycles. The SMILES string of the molecule is CCO[C@@H]1OC(C(=O)NC)=C[C@H](c2ccc(C(=O)OC)cc2)[C@@H]1CCCO. The zero-order valence-corrected chi connectivity index (χ0v) is 15.9. The summed E-state index contributed by atoms with van der Waals surface area (Å²) >= 11 is 0. The first-order valence-electron chi connectivity index (χ1n) is 9.07. The molecule has 0 saturated heterocycles. The summed E-state index contributed by atoms with van der Waals surface area (Å²) in [5.74, 6) is -0.746. The van der Waals surface area contributed by atoms with Crippen molar-refractivity contribution in [2.45, 2.75) is 32.0 Å². The van der Waals surface area contributed by atoms with Crippen molar-refractivity contribution < 1.29 is 28.9 Å². The van der Waals surface area contributed by atoms with E-state index in [1.165, 1.54) is 7.11 Å². The Morgan fingerprint density at radius 3 is 2.52 bits per heavy atom. The highest BCUT2D eigenvalue weighted by atomic mass is 16.7. The Balaban J connectivity index is 2.40. The maximum absolute atomic E-state index is 12.1. The van der Waals surface area contributed by atoms with Crippen LogP contribution in [0.15, 0.2) is 36.1 Å². The molecule has 0 saturated carbocycles. The van der Waals surface area contributed by atoms with Crippen LogP contribution in [-0.2, 0) is 19.0 Å². The van der Waals surface area contributed by atoms with Crippen LogP contribution in [0, 0.1) is 5.92 Å². The van der Waals surface area contributed by atoms with Crippen LogP contribution in [0.4, 0.5) is 0 Å². The summed E-state index contributed by atoms with van der Waals surface area (Å²) in [7, 11) is 2.88. The fraction of sp³-hybridized carbons (Fsp3) is 0.500. The van der Waals surface area contributed by atoms with Crippen molar-refractivity contribution in [3.8, 4) is 0 Å². The Morgan fingerprint density at radius 1 is 1.26 bits per heavy atom. The number of ether oxygens (including phenoxy) is 3. The molecule has 7 nitrogen and oxygen atoms in total. The number of hydrogen-bond donors (Lipinski definition) is 2. The van der Waals surface area contributed by atoms with Crippen LogP contribution in [0.25, 0.3) is 0 Å². The van der Waals surface area contributed by atoms with Gasteiger partial charge in [0.2, 0.25) is 6.29 Å². The van der Waals surface area contributed by atoms with Crippen molar-refractivity contribution >= 4 is 11.9 Å². The van der Waals surface area contributed by atoms with Crippen LogP contribution >= 0.6 is 0 Å². The van der Waals surface area contributed by atoms with Crippen molar-refractivity contribution in [3.63, 3.8) is 0 Å². The van der Waals surface area contributed by atoms with Gasteiger partial charge in [0, 0.05) is 32.1 Å². The molecule has 148 valence electrons. The van der Waals surface area contributed by atoms with Crippen molar-refractivity contribution in [2.75, 3.05) is 27.4 Å². The van der Waals surface area contributed by atoms with Crippen molar-refractivity contribution in [1.82, 2.24) is 5.32 Å². The molecule has 1 aliphatic rings. The number of hydrogen-bond acceptors (Lipinski definition) is 6. The topological polar surface area (TPSA) is 94.1 Å². The first kappa shape index (κ1) is 20.9. The molecule has 0 radical (unpaired) electrons. The summed E-state index contributed by atoms with van der Waals surface area (Å²) in [6.07, 6.45) is 2.45. The second kappa shape index (κ2) is 10.1. The van der Waals surface area contributed by atoms with Crippen LogP contribution in [0.5, 0.6) is 0 Å². The molecule has 1 aliphatic heterocycles. The maximum atomic E-state index is 12.1. The Kier molecular flexibility index (Phi) is 7.82. The van der Waals surface area contributed by atoms with E-state index in [0.717, 1.165) is 5.56 Å². The van der Waals surface area contributed by atoms with Gasteiger partial charge in [0.15, 0.2) is 5.76 Å². The zero-order chi connectivity index (χ0) is 19.8. The van der Waals surface area contributed by atoms with E-state index in [-0.39, 0.29) is 30.1 Å². The number of rotatable bonds is 8. The minimum absolute atomic E-state index is 0.0648. The van der Waals surface area contributed by atoms with E-state index in [9.17, 15) is 14.7 Å². The van der Waals surface area contributed by atoms with E-state index in [1.807, 2.05) is 19.1 Å². The van der Waals surface area contributed by atoms with Gasteiger partial charge < -0.3 is 24.6 Å². The quantitative estimate of drug-likeness (QED) is 0.673. The molecule has 0 aromatic heterocycles. The lowest BCUT2D eigenvalue weighted by atomic mass is 9.80. The molecular formula is C20H27NO6. The molecule has 0 spiro atoms. The van der Waals surface area contributed by atoms with Gasteiger partial charge in [-0.2, -0.15) is 0 Å². The average Bonchev–Trinajstić information content (AvgIpc) is 2.71. The maximum Gasteiger partial charge on any atom is 0.337 e. The first-order valence-corrected chi connectivity index (χ1v) is 9.07. The molecule has 0 aliphatic carbocycles. The summed E-state index contributed by atoms with van der Waals surface area (Å²) in [6, 6.07) is 7.08. The Hall–Kier alpha value is -2.38. The second-order valence-corrected chi connectivity index (χ2v) is 6.22. The molecule has 2 rings (SSSR count). The van der Waals surface area contributed by atoms with Gasteiger partial charge in [-0.05, 0) is 43.5 Å². The summed E-state index contributed by atoms with van der Waals surface area (Å²) in [6.45, 7) is 2.37. The third-order valence-electron chi connectivity index (χ3n) is 4.58.